The van der Waals surface area contributed by atoms with Gasteiger partial charge in [0.2, 0.25) is 0 Å². The summed E-state index contributed by atoms with van der Waals surface area (Å²) in [7, 11) is 0. The Morgan fingerprint density at radius 2 is 1.94 bits per heavy atom. The van der Waals surface area contributed by atoms with Crippen molar-refractivity contribution in [3.63, 3.8) is 0 Å². The number of amides is 1. The molecule has 2 N–H and O–H groups in total. The van der Waals surface area contributed by atoms with Crippen LogP contribution >= 0.6 is 0 Å². The Kier molecular flexibility index (Phi) is 4.97. The molecule has 0 radical (unpaired) electrons. The topological polar surface area (TPSA) is 69.4 Å². The number of primary amides is 1. The molecule has 0 spiro atoms. The Labute approximate surface area is 103 Å². The fourth-order valence-electron chi connectivity index (χ4n) is 2.49. The maximum absolute atomic E-state index is 10.7. The number of nitrogens with two attached hydrogens (primary N) is 1. The van der Waals surface area contributed by atoms with E-state index in [1.165, 1.54) is 0 Å². The highest BCUT2D eigenvalue weighted by molar-refractivity contribution is 5.65. The van der Waals surface area contributed by atoms with Gasteiger partial charge in [0.25, 0.3) is 0 Å². The highest BCUT2D eigenvalue weighted by Crippen LogP contribution is 2.32. The van der Waals surface area contributed by atoms with Gasteiger partial charge in [-0.3, -0.25) is 0 Å². The molecule has 4 nitrogen and oxygen atoms in total. The molecule has 0 aliphatic heterocycles. The van der Waals surface area contributed by atoms with Crippen molar-refractivity contribution in [2.24, 2.45) is 17.6 Å². The van der Waals surface area contributed by atoms with Crippen LogP contribution in [-0.4, -0.2) is 18.0 Å². The van der Waals surface area contributed by atoms with Gasteiger partial charge in [0.1, 0.15) is 11.9 Å². The predicted molar refractivity (Wildman–Crippen MR) is 65.5 cm³/mol. The first-order chi connectivity index (χ1) is 7.93. The molecule has 0 atom stereocenters. The Balaban J connectivity index is 2.27. The van der Waals surface area contributed by atoms with Crippen LogP contribution in [0.1, 0.15) is 52.4 Å². The number of carbonyl (C=O) groups is 2. The Morgan fingerprint density at radius 3 is 2.41 bits per heavy atom. The van der Waals surface area contributed by atoms with Gasteiger partial charge in [0.15, 0.2) is 0 Å². The highest BCUT2D eigenvalue weighted by atomic mass is 16.6. The number of carbonyl (C=O) groups excluding carboxylic acids is 2. The molecule has 0 heterocycles. The predicted octanol–water partition coefficient (Wildman–Crippen LogP) is 2.65. The van der Waals surface area contributed by atoms with Crippen molar-refractivity contribution in [3.05, 3.63) is 0 Å². The van der Waals surface area contributed by atoms with E-state index >= 15 is 0 Å². The van der Waals surface area contributed by atoms with Gasteiger partial charge in [0.05, 0.1) is 0 Å². The molecule has 0 saturated heterocycles. The van der Waals surface area contributed by atoms with Crippen LogP contribution < -0.4 is 5.73 Å². The fourth-order valence-corrected chi connectivity index (χ4v) is 2.49. The first-order valence-electron chi connectivity index (χ1n) is 6.36. The third-order valence-corrected chi connectivity index (χ3v) is 3.62. The van der Waals surface area contributed by atoms with Gasteiger partial charge in [0, 0.05) is 5.92 Å². The van der Waals surface area contributed by atoms with Crippen molar-refractivity contribution in [1.29, 1.82) is 0 Å². The van der Waals surface area contributed by atoms with E-state index in [0.717, 1.165) is 44.8 Å². The number of ether oxygens (including phenoxy) is 1. The third kappa shape index (κ3) is 5.20. The van der Waals surface area contributed by atoms with E-state index < -0.39 is 11.7 Å². The van der Waals surface area contributed by atoms with Gasteiger partial charge in [-0.1, -0.05) is 0 Å². The second-order valence-electron chi connectivity index (χ2n) is 5.64. The third-order valence-electron chi connectivity index (χ3n) is 3.62. The second kappa shape index (κ2) is 6.03. The normalized spacial score (nSPS) is 25.3. The lowest BCUT2D eigenvalue weighted by Crippen LogP contribution is -2.32. The Hall–Kier alpha value is -1.06. The minimum absolute atomic E-state index is 0.265. The van der Waals surface area contributed by atoms with Crippen molar-refractivity contribution in [1.82, 2.24) is 0 Å². The summed E-state index contributed by atoms with van der Waals surface area (Å²) >= 11 is 0. The van der Waals surface area contributed by atoms with Gasteiger partial charge < -0.3 is 15.3 Å². The molecule has 0 aromatic carbocycles. The summed E-state index contributed by atoms with van der Waals surface area (Å²) in [6.07, 6.45) is 6.46. The van der Waals surface area contributed by atoms with Gasteiger partial charge >= 0.3 is 6.09 Å². The lowest BCUT2D eigenvalue weighted by molar-refractivity contribution is -0.112. The van der Waals surface area contributed by atoms with Crippen LogP contribution in [0.25, 0.3) is 0 Å². The lowest BCUT2D eigenvalue weighted by Gasteiger charge is -2.29. The lowest BCUT2D eigenvalue weighted by atomic mass is 9.79. The molecule has 4 heteroatoms. The van der Waals surface area contributed by atoms with Crippen molar-refractivity contribution in [3.8, 4) is 0 Å². The van der Waals surface area contributed by atoms with Crippen molar-refractivity contribution in [2.45, 2.75) is 58.0 Å². The van der Waals surface area contributed by atoms with E-state index in [0.29, 0.717) is 5.92 Å². The van der Waals surface area contributed by atoms with E-state index in [2.05, 4.69) is 0 Å². The zero-order valence-electron chi connectivity index (χ0n) is 10.8. The summed E-state index contributed by atoms with van der Waals surface area (Å²) in [5.74, 6) is 0.920. The fraction of sp³-hybridized carbons (Fsp3) is 0.846. The molecular formula is C13H23NO3. The van der Waals surface area contributed by atoms with Crippen LogP contribution in [0.4, 0.5) is 4.79 Å². The number of aldehydes is 1. The average molecular weight is 241 g/mol. The monoisotopic (exact) mass is 241 g/mol. The molecule has 0 bridgehead atoms. The first kappa shape index (κ1) is 14.0. The molecule has 17 heavy (non-hydrogen) atoms. The van der Waals surface area contributed by atoms with E-state index in [-0.39, 0.29) is 5.92 Å². The zero-order chi connectivity index (χ0) is 12.9. The first-order valence-corrected chi connectivity index (χ1v) is 6.36. The summed E-state index contributed by atoms with van der Waals surface area (Å²) in [5, 5.41) is 0. The summed E-state index contributed by atoms with van der Waals surface area (Å²) < 4.78 is 5.05. The molecule has 1 saturated carbocycles. The molecule has 0 unspecified atom stereocenters. The van der Waals surface area contributed by atoms with E-state index in [1.807, 2.05) is 13.8 Å². The molecular weight excluding hydrogens is 218 g/mol. The smallest absolute Gasteiger partial charge is 0.405 e. The van der Waals surface area contributed by atoms with E-state index in [9.17, 15) is 9.59 Å². The van der Waals surface area contributed by atoms with Crippen LogP contribution in [0.15, 0.2) is 0 Å². The minimum Gasteiger partial charge on any atom is -0.444 e. The summed E-state index contributed by atoms with van der Waals surface area (Å²) in [5.41, 5.74) is 4.54. The molecule has 1 rings (SSSR count). The molecule has 0 aromatic heterocycles. The molecule has 1 fully saturated rings. The van der Waals surface area contributed by atoms with Crippen LogP contribution in [0.5, 0.6) is 0 Å². The summed E-state index contributed by atoms with van der Waals surface area (Å²) in [4.78, 5) is 21.3. The standard InChI is InChI=1S/C13H23NO3/c1-13(2,17-12(14)16)8-7-10-3-5-11(9-15)6-4-10/h9-11H,3-8H2,1-2H3,(H2,14,16). The second-order valence-corrected chi connectivity index (χ2v) is 5.64. The quantitative estimate of drug-likeness (QED) is 0.752. The number of hydrogen-bond acceptors (Lipinski definition) is 3. The summed E-state index contributed by atoms with van der Waals surface area (Å²) in [6.45, 7) is 3.77. The van der Waals surface area contributed by atoms with Crippen molar-refractivity contribution >= 4 is 12.4 Å². The molecule has 98 valence electrons. The molecule has 0 aromatic rings. The van der Waals surface area contributed by atoms with Crippen LogP contribution in [0, 0.1) is 11.8 Å². The van der Waals surface area contributed by atoms with Crippen LogP contribution in [0.3, 0.4) is 0 Å². The Bertz CT molecular complexity index is 268. The number of hydrogen-bond donors (Lipinski definition) is 1. The van der Waals surface area contributed by atoms with Crippen molar-refractivity contribution < 1.29 is 14.3 Å². The molecule has 1 aliphatic rings. The highest BCUT2D eigenvalue weighted by Gasteiger charge is 2.26. The minimum atomic E-state index is -0.709. The summed E-state index contributed by atoms with van der Waals surface area (Å²) in [6, 6.07) is 0. The number of rotatable bonds is 5. The van der Waals surface area contributed by atoms with Gasteiger partial charge in [-0.15, -0.1) is 0 Å². The van der Waals surface area contributed by atoms with Gasteiger partial charge in [-0.05, 0) is 58.3 Å². The largest absolute Gasteiger partial charge is 0.444 e. The van der Waals surface area contributed by atoms with Crippen LogP contribution in [0.2, 0.25) is 0 Å². The van der Waals surface area contributed by atoms with Crippen LogP contribution in [-0.2, 0) is 9.53 Å². The Morgan fingerprint density at radius 1 is 1.35 bits per heavy atom. The maximum Gasteiger partial charge on any atom is 0.405 e. The van der Waals surface area contributed by atoms with Gasteiger partial charge in [-0.25, -0.2) is 4.79 Å². The van der Waals surface area contributed by atoms with E-state index in [4.69, 9.17) is 10.5 Å². The van der Waals surface area contributed by atoms with Gasteiger partial charge in [-0.2, -0.15) is 0 Å². The average Bonchev–Trinajstić information content (AvgIpc) is 2.25. The zero-order valence-corrected chi connectivity index (χ0v) is 10.8. The van der Waals surface area contributed by atoms with E-state index in [1.54, 1.807) is 0 Å². The van der Waals surface area contributed by atoms with Crippen molar-refractivity contribution in [2.75, 3.05) is 0 Å². The maximum atomic E-state index is 10.7. The SMILES string of the molecule is CC(C)(CCC1CCC(C=O)CC1)OC(N)=O. The molecule has 1 amide bonds. The molecule has 1 aliphatic carbocycles.